The normalized spacial score (nSPS) is 12.3. The first-order valence-corrected chi connectivity index (χ1v) is 5.55. The lowest BCUT2D eigenvalue weighted by Gasteiger charge is -2.20. The van der Waals surface area contributed by atoms with Crippen LogP contribution in [-0.2, 0) is 16.8 Å². The Kier molecular flexibility index (Phi) is 4.04. The highest BCUT2D eigenvalue weighted by Crippen LogP contribution is 2.23. The van der Waals surface area contributed by atoms with E-state index >= 15 is 0 Å². The molecule has 0 saturated heterocycles. The van der Waals surface area contributed by atoms with Gasteiger partial charge in [-0.25, -0.2) is 0 Å². The van der Waals surface area contributed by atoms with Crippen molar-refractivity contribution in [1.29, 1.82) is 0 Å². The third-order valence-corrected chi connectivity index (χ3v) is 2.50. The van der Waals surface area contributed by atoms with Crippen LogP contribution in [0.25, 0.3) is 0 Å². The summed E-state index contributed by atoms with van der Waals surface area (Å²) in [5.41, 5.74) is 1.59. The van der Waals surface area contributed by atoms with E-state index in [2.05, 4.69) is 0 Å². The molecule has 0 unspecified atom stereocenters. The van der Waals surface area contributed by atoms with Crippen molar-refractivity contribution in [1.82, 2.24) is 5.32 Å². The number of hydrogen-bond acceptors (Lipinski definition) is 1. The standard InChI is InChI=1S/C13H16F3NO/c1-12(2,3)10-6-4-5-9(7-10)8-17-11(18)13(14,15)16/h4-7H,8H2,1-3H3,(H,17,18). The summed E-state index contributed by atoms with van der Waals surface area (Å²) < 4.78 is 36.0. The van der Waals surface area contributed by atoms with Crippen LogP contribution in [0.2, 0.25) is 0 Å². The average molecular weight is 259 g/mol. The van der Waals surface area contributed by atoms with Crippen LogP contribution in [0.3, 0.4) is 0 Å². The third-order valence-electron chi connectivity index (χ3n) is 2.50. The van der Waals surface area contributed by atoms with Gasteiger partial charge in [0.25, 0.3) is 0 Å². The molecule has 1 amide bonds. The van der Waals surface area contributed by atoms with Crippen LogP contribution in [0, 0.1) is 0 Å². The largest absolute Gasteiger partial charge is 0.471 e. The molecule has 0 aliphatic rings. The second-order valence-corrected chi connectivity index (χ2v) is 5.13. The number of rotatable bonds is 2. The highest BCUT2D eigenvalue weighted by atomic mass is 19.4. The predicted octanol–water partition coefficient (Wildman–Crippen LogP) is 3.16. The van der Waals surface area contributed by atoms with Gasteiger partial charge in [0.1, 0.15) is 0 Å². The van der Waals surface area contributed by atoms with Crippen LogP contribution in [0.15, 0.2) is 24.3 Å². The minimum atomic E-state index is -4.83. The van der Waals surface area contributed by atoms with Gasteiger partial charge in [0.2, 0.25) is 0 Å². The number of amides is 1. The molecule has 1 rings (SSSR count). The van der Waals surface area contributed by atoms with E-state index in [4.69, 9.17) is 0 Å². The smallest absolute Gasteiger partial charge is 0.344 e. The monoisotopic (exact) mass is 259 g/mol. The summed E-state index contributed by atoms with van der Waals surface area (Å²) in [5, 5.41) is 1.85. The number of carbonyl (C=O) groups excluding carboxylic acids is 1. The number of alkyl halides is 3. The van der Waals surface area contributed by atoms with Gasteiger partial charge >= 0.3 is 12.1 Å². The zero-order valence-electron chi connectivity index (χ0n) is 10.6. The summed E-state index contributed by atoms with van der Waals surface area (Å²) in [5.74, 6) is -1.91. The Morgan fingerprint density at radius 1 is 1.22 bits per heavy atom. The van der Waals surface area contributed by atoms with E-state index in [1.165, 1.54) is 0 Å². The van der Waals surface area contributed by atoms with Crippen molar-refractivity contribution in [3.8, 4) is 0 Å². The molecule has 0 atom stereocenters. The quantitative estimate of drug-likeness (QED) is 0.868. The van der Waals surface area contributed by atoms with Gasteiger partial charge in [-0.2, -0.15) is 13.2 Å². The molecule has 2 nitrogen and oxygen atoms in total. The molecule has 0 aromatic heterocycles. The molecule has 100 valence electrons. The van der Waals surface area contributed by atoms with Gasteiger partial charge in [0.05, 0.1) is 0 Å². The fourth-order valence-electron chi connectivity index (χ4n) is 1.43. The van der Waals surface area contributed by atoms with Crippen molar-refractivity contribution in [3.05, 3.63) is 35.4 Å². The molecule has 1 aromatic carbocycles. The number of benzene rings is 1. The molecule has 5 heteroatoms. The Labute approximate surface area is 104 Å². The van der Waals surface area contributed by atoms with Crippen molar-refractivity contribution < 1.29 is 18.0 Å². The summed E-state index contributed by atoms with van der Waals surface area (Å²) in [4.78, 5) is 10.7. The van der Waals surface area contributed by atoms with Gasteiger partial charge in [0.15, 0.2) is 0 Å². The molecule has 0 fully saturated rings. The van der Waals surface area contributed by atoms with Gasteiger partial charge < -0.3 is 5.32 Å². The summed E-state index contributed by atoms with van der Waals surface area (Å²) >= 11 is 0. The molecule has 1 aromatic rings. The van der Waals surface area contributed by atoms with E-state index in [1.807, 2.05) is 32.2 Å². The lowest BCUT2D eigenvalue weighted by atomic mass is 9.86. The molecule has 0 heterocycles. The van der Waals surface area contributed by atoms with E-state index in [0.29, 0.717) is 5.56 Å². The predicted molar refractivity (Wildman–Crippen MR) is 63.0 cm³/mol. The van der Waals surface area contributed by atoms with Crippen LogP contribution in [0.4, 0.5) is 13.2 Å². The van der Waals surface area contributed by atoms with Gasteiger partial charge in [-0.1, -0.05) is 45.0 Å². The van der Waals surface area contributed by atoms with E-state index in [-0.39, 0.29) is 12.0 Å². The lowest BCUT2D eigenvalue weighted by Crippen LogP contribution is -2.36. The topological polar surface area (TPSA) is 29.1 Å². The number of nitrogens with one attached hydrogen (secondary N) is 1. The highest BCUT2D eigenvalue weighted by Gasteiger charge is 2.38. The summed E-state index contributed by atoms with van der Waals surface area (Å²) in [6.45, 7) is 5.92. The molecule has 0 spiro atoms. The first-order valence-electron chi connectivity index (χ1n) is 5.55. The van der Waals surface area contributed by atoms with Crippen LogP contribution in [-0.4, -0.2) is 12.1 Å². The minimum absolute atomic E-state index is 0.0793. The Morgan fingerprint density at radius 2 is 1.83 bits per heavy atom. The second-order valence-electron chi connectivity index (χ2n) is 5.13. The second kappa shape index (κ2) is 5.00. The van der Waals surface area contributed by atoms with Crippen LogP contribution in [0.5, 0.6) is 0 Å². The summed E-state index contributed by atoms with van der Waals surface area (Å²) in [6.07, 6.45) is -4.83. The molecule has 1 N–H and O–H groups in total. The van der Waals surface area contributed by atoms with E-state index in [1.54, 1.807) is 18.2 Å². The van der Waals surface area contributed by atoms with E-state index in [0.717, 1.165) is 5.56 Å². The van der Waals surface area contributed by atoms with Crippen LogP contribution >= 0.6 is 0 Å². The van der Waals surface area contributed by atoms with Crippen molar-refractivity contribution in [2.75, 3.05) is 0 Å². The fraction of sp³-hybridized carbons (Fsp3) is 0.462. The molecular weight excluding hydrogens is 243 g/mol. The van der Waals surface area contributed by atoms with Crippen LogP contribution in [0.1, 0.15) is 31.9 Å². The maximum absolute atomic E-state index is 12.0. The van der Waals surface area contributed by atoms with Crippen molar-refractivity contribution >= 4 is 5.91 Å². The Bertz CT molecular complexity index is 433. The van der Waals surface area contributed by atoms with Gasteiger partial charge in [-0.05, 0) is 16.5 Å². The molecule has 0 aliphatic heterocycles. The molecule has 0 saturated carbocycles. The van der Waals surface area contributed by atoms with Crippen molar-refractivity contribution in [2.45, 2.75) is 38.9 Å². The third kappa shape index (κ3) is 4.05. The van der Waals surface area contributed by atoms with Crippen molar-refractivity contribution in [3.63, 3.8) is 0 Å². The fourth-order valence-corrected chi connectivity index (χ4v) is 1.43. The summed E-state index contributed by atoms with van der Waals surface area (Å²) in [6, 6.07) is 7.17. The first kappa shape index (κ1) is 14.5. The minimum Gasteiger partial charge on any atom is -0.344 e. The number of carbonyl (C=O) groups is 1. The zero-order chi connectivity index (χ0) is 14.0. The lowest BCUT2D eigenvalue weighted by molar-refractivity contribution is -0.173. The van der Waals surface area contributed by atoms with E-state index in [9.17, 15) is 18.0 Å². The Morgan fingerprint density at radius 3 is 2.33 bits per heavy atom. The molecule has 18 heavy (non-hydrogen) atoms. The average Bonchev–Trinajstić information content (AvgIpc) is 2.23. The van der Waals surface area contributed by atoms with Crippen LogP contribution < -0.4 is 5.32 Å². The molecular formula is C13H16F3NO. The summed E-state index contributed by atoms with van der Waals surface area (Å²) in [7, 11) is 0. The number of hydrogen-bond donors (Lipinski definition) is 1. The number of halogens is 3. The van der Waals surface area contributed by atoms with Gasteiger partial charge in [0, 0.05) is 6.54 Å². The van der Waals surface area contributed by atoms with Crippen molar-refractivity contribution in [2.24, 2.45) is 0 Å². The maximum Gasteiger partial charge on any atom is 0.471 e. The Hall–Kier alpha value is -1.52. The first-order chi connectivity index (χ1) is 8.10. The Balaban J connectivity index is 2.73. The zero-order valence-corrected chi connectivity index (χ0v) is 10.6. The molecule has 0 aliphatic carbocycles. The van der Waals surface area contributed by atoms with Gasteiger partial charge in [-0.3, -0.25) is 4.79 Å². The van der Waals surface area contributed by atoms with E-state index < -0.39 is 12.1 Å². The SMILES string of the molecule is CC(C)(C)c1cccc(CNC(=O)C(F)(F)F)c1. The van der Waals surface area contributed by atoms with Gasteiger partial charge in [-0.15, -0.1) is 0 Å². The molecule has 0 radical (unpaired) electrons. The highest BCUT2D eigenvalue weighted by molar-refractivity contribution is 5.81. The molecule has 0 bridgehead atoms. The maximum atomic E-state index is 12.0.